The highest BCUT2D eigenvalue weighted by Gasteiger charge is 2.17. The number of nitrogens with two attached hydrogens (primary N) is 1. The van der Waals surface area contributed by atoms with Crippen molar-refractivity contribution in [1.82, 2.24) is 4.98 Å². The molecule has 0 atom stereocenters. The number of amides is 1. The molecule has 0 radical (unpaired) electrons. The van der Waals surface area contributed by atoms with Crippen LogP contribution in [0.4, 0.5) is 5.13 Å². The smallest absolute Gasteiger partial charge is 0.228 e. The van der Waals surface area contributed by atoms with Crippen molar-refractivity contribution in [2.45, 2.75) is 18.2 Å². The number of benzene rings is 1. The number of sulfone groups is 1. The largest absolute Gasteiger partial charge is 0.379 e. The molecule has 0 unspecified atom stereocenters. The van der Waals surface area contributed by atoms with Crippen LogP contribution < -0.4 is 11.1 Å². The van der Waals surface area contributed by atoms with E-state index in [-0.39, 0.29) is 28.9 Å². The second-order valence-corrected chi connectivity index (χ2v) is 10.8. The van der Waals surface area contributed by atoms with Gasteiger partial charge in [-0.05, 0) is 24.6 Å². The first kappa shape index (κ1) is 29.6. The lowest BCUT2D eigenvalue weighted by molar-refractivity contribution is -0.117. The maximum absolute atomic E-state index is 12.2. The third-order valence-corrected chi connectivity index (χ3v) is 7.19. The first-order chi connectivity index (χ1) is 16.7. The molecule has 0 aliphatic heterocycles. The fourth-order valence-electron chi connectivity index (χ4n) is 2.84. The van der Waals surface area contributed by atoms with Crippen LogP contribution in [0.3, 0.4) is 0 Å². The van der Waals surface area contributed by atoms with E-state index in [0.29, 0.717) is 69.2 Å². The molecule has 1 aromatic carbocycles. The molecule has 0 saturated heterocycles. The van der Waals surface area contributed by atoms with Gasteiger partial charge in [-0.3, -0.25) is 4.79 Å². The highest BCUT2D eigenvalue weighted by Crippen LogP contribution is 2.35. The Bertz CT molecular complexity index is 1050. The Morgan fingerprint density at radius 1 is 1.03 bits per heavy atom. The zero-order chi connectivity index (χ0) is 25.7. The minimum atomic E-state index is -3.47. The molecule has 10 nitrogen and oxygen atoms in total. The molecule has 35 heavy (non-hydrogen) atoms. The molecule has 2 rings (SSSR count). The molecule has 0 spiro atoms. The quantitative estimate of drug-likeness (QED) is 0.285. The monoisotopic (exact) mass is 549 g/mol. The van der Waals surface area contributed by atoms with E-state index in [4.69, 9.17) is 36.3 Å². The summed E-state index contributed by atoms with van der Waals surface area (Å²) in [5.41, 5.74) is 6.65. The average molecular weight is 550 g/mol. The standard InChI is InChI=1S/C22H32ClN3O7S2/c1-16-21(17-3-4-18(23)19(15-17)35(2,28)29)34-22(25-16)26-20(27)5-7-30-9-11-32-13-14-33-12-10-31-8-6-24/h3-4,15H,5-14,24H2,1-2H3,(H,25,26,27). The van der Waals surface area contributed by atoms with E-state index in [1.54, 1.807) is 19.1 Å². The van der Waals surface area contributed by atoms with Gasteiger partial charge in [0.1, 0.15) is 0 Å². The van der Waals surface area contributed by atoms with Crippen molar-refractivity contribution >= 4 is 43.8 Å². The zero-order valence-corrected chi connectivity index (χ0v) is 22.3. The van der Waals surface area contributed by atoms with Crippen molar-refractivity contribution in [3.05, 3.63) is 28.9 Å². The van der Waals surface area contributed by atoms with Gasteiger partial charge < -0.3 is 30.0 Å². The molecule has 196 valence electrons. The van der Waals surface area contributed by atoms with E-state index < -0.39 is 9.84 Å². The van der Waals surface area contributed by atoms with E-state index in [1.807, 2.05) is 0 Å². The molecule has 0 aliphatic carbocycles. The number of hydrogen-bond acceptors (Lipinski definition) is 10. The number of aromatic nitrogens is 1. The lowest BCUT2D eigenvalue weighted by Gasteiger charge is -2.07. The summed E-state index contributed by atoms with van der Waals surface area (Å²) in [7, 11) is -3.47. The topological polar surface area (TPSA) is 139 Å². The maximum Gasteiger partial charge on any atom is 0.228 e. The Morgan fingerprint density at radius 2 is 1.60 bits per heavy atom. The molecular formula is C22H32ClN3O7S2. The van der Waals surface area contributed by atoms with E-state index in [0.717, 1.165) is 11.1 Å². The third kappa shape index (κ3) is 10.9. The van der Waals surface area contributed by atoms with Crippen LogP contribution in [0.25, 0.3) is 10.4 Å². The Kier molecular flexibility index (Phi) is 13.1. The molecule has 1 heterocycles. The summed E-state index contributed by atoms with van der Waals surface area (Å²) in [6, 6.07) is 4.78. The number of anilines is 1. The van der Waals surface area contributed by atoms with Gasteiger partial charge >= 0.3 is 0 Å². The van der Waals surface area contributed by atoms with Crippen LogP contribution in [0.2, 0.25) is 5.02 Å². The number of carbonyl (C=O) groups excluding carboxylic acids is 1. The summed E-state index contributed by atoms with van der Waals surface area (Å²) in [6.45, 7) is 5.75. The SMILES string of the molecule is Cc1nc(NC(=O)CCOCCOCCOCCOCCN)sc1-c1ccc(Cl)c(S(C)(=O)=O)c1. The number of thiazole rings is 1. The van der Waals surface area contributed by atoms with Crippen LogP contribution in [-0.2, 0) is 33.6 Å². The number of ether oxygens (including phenoxy) is 4. The second-order valence-electron chi connectivity index (χ2n) is 7.39. The Labute approximate surface area is 215 Å². The lowest BCUT2D eigenvalue weighted by Crippen LogP contribution is -2.16. The summed E-state index contributed by atoms with van der Waals surface area (Å²) in [6.07, 6.45) is 1.27. The van der Waals surface area contributed by atoms with E-state index in [2.05, 4.69) is 10.3 Å². The fraction of sp³-hybridized carbons (Fsp3) is 0.545. The van der Waals surface area contributed by atoms with Gasteiger partial charge in [0, 0.05) is 12.8 Å². The molecule has 0 saturated carbocycles. The zero-order valence-electron chi connectivity index (χ0n) is 19.9. The van der Waals surface area contributed by atoms with E-state index in [9.17, 15) is 13.2 Å². The minimum Gasteiger partial charge on any atom is -0.379 e. The number of hydrogen-bond donors (Lipinski definition) is 2. The van der Waals surface area contributed by atoms with Crippen molar-refractivity contribution < 1.29 is 32.2 Å². The molecular weight excluding hydrogens is 518 g/mol. The highest BCUT2D eigenvalue weighted by molar-refractivity contribution is 7.90. The van der Waals surface area contributed by atoms with Gasteiger partial charge in [-0.1, -0.05) is 29.0 Å². The van der Waals surface area contributed by atoms with E-state index in [1.165, 1.54) is 17.4 Å². The van der Waals surface area contributed by atoms with Gasteiger partial charge in [0.05, 0.1) is 79.8 Å². The molecule has 13 heteroatoms. The molecule has 0 bridgehead atoms. The average Bonchev–Trinajstić information content (AvgIpc) is 3.16. The number of halogens is 1. The van der Waals surface area contributed by atoms with Gasteiger partial charge in [-0.15, -0.1) is 0 Å². The van der Waals surface area contributed by atoms with E-state index >= 15 is 0 Å². The van der Waals surface area contributed by atoms with Crippen molar-refractivity contribution in [3.63, 3.8) is 0 Å². The van der Waals surface area contributed by atoms with Gasteiger partial charge in [0.25, 0.3) is 0 Å². The molecule has 0 fully saturated rings. The lowest BCUT2D eigenvalue weighted by atomic mass is 10.2. The normalized spacial score (nSPS) is 11.7. The molecule has 2 aromatic rings. The third-order valence-electron chi connectivity index (χ3n) is 4.49. The predicted octanol–water partition coefficient (Wildman–Crippen LogP) is 2.53. The van der Waals surface area contributed by atoms with Crippen LogP contribution in [0.1, 0.15) is 12.1 Å². The number of nitrogens with zero attached hydrogens (tertiary/aromatic N) is 1. The number of nitrogens with one attached hydrogen (secondary N) is 1. The summed E-state index contributed by atoms with van der Waals surface area (Å²) >= 11 is 7.29. The van der Waals surface area contributed by atoms with Crippen molar-refractivity contribution in [2.75, 3.05) is 71.0 Å². The molecule has 1 aromatic heterocycles. The van der Waals surface area contributed by atoms with Gasteiger partial charge in [-0.2, -0.15) is 0 Å². The summed E-state index contributed by atoms with van der Waals surface area (Å²) in [5, 5.41) is 3.34. The minimum absolute atomic E-state index is 0.0524. The van der Waals surface area contributed by atoms with Crippen LogP contribution in [-0.4, -0.2) is 85.0 Å². The summed E-state index contributed by atoms with van der Waals surface area (Å²) in [5.74, 6) is -0.232. The number of carbonyl (C=O) groups is 1. The summed E-state index contributed by atoms with van der Waals surface area (Å²) in [4.78, 5) is 17.4. The van der Waals surface area contributed by atoms with Crippen LogP contribution >= 0.6 is 22.9 Å². The Hall–Kier alpha value is -1.64. The highest BCUT2D eigenvalue weighted by atomic mass is 35.5. The van der Waals surface area contributed by atoms with Crippen LogP contribution in [0.15, 0.2) is 23.1 Å². The Morgan fingerprint density at radius 3 is 2.17 bits per heavy atom. The van der Waals surface area contributed by atoms with Gasteiger partial charge in [-0.25, -0.2) is 13.4 Å². The van der Waals surface area contributed by atoms with Crippen molar-refractivity contribution in [3.8, 4) is 10.4 Å². The number of aryl methyl sites for hydroxylation is 1. The van der Waals surface area contributed by atoms with Crippen molar-refractivity contribution in [1.29, 1.82) is 0 Å². The first-order valence-corrected chi connectivity index (χ1v) is 14.1. The maximum atomic E-state index is 12.2. The summed E-state index contributed by atoms with van der Waals surface area (Å²) < 4.78 is 45.2. The molecule has 1 amide bonds. The van der Waals surface area contributed by atoms with Gasteiger partial charge in [0.15, 0.2) is 15.0 Å². The molecule has 0 aliphatic rings. The van der Waals surface area contributed by atoms with Crippen LogP contribution in [0.5, 0.6) is 0 Å². The predicted molar refractivity (Wildman–Crippen MR) is 136 cm³/mol. The molecule has 3 N–H and O–H groups in total. The van der Waals surface area contributed by atoms with Gasteiger partial charge in [0.2, 0.25) is 5.91 Å². The number of rotatable bonds is 17. The van der Waals surface area contributed by atoms with Crippen LogP contribution in [0, 0.1) is 6.92 Å². The van der Waals surface area contributed by atoms with Crippen molar-refractivity contribution in [2.24, 2.45) is 5.73 Å². The second kappa shape index (κ2) is 15.5. The fourth-order valence-corrected chi connectivity index (χ4v) is 5.12. The first-order valence-electron chi connectivity index (χ1n) is 11.0. The Balaban J connectivity index is 1.67.